The molecule has 38 heavy (non-hydrogen) atoms. The van der Waals surface area contributed by atoms with Gasteiger partial charge in [-0.2, -0.15) is 5.26 Å². The molecule has 0 N–H and O–H groups in total. The molecule has 0 radical (unpaired) electrons. The summed E-state index contributed by atoms with van der Waals surface area (Å²) in [6.07, 6.45) is 5.77. The largest absolute Gasteiger partial charge is 0.494 e. The van der Waals surface area contributed by atoms with Gasteiger partial charge in [-0.05, 0) is 55.5 Å². The molecule has 1 saturated carbocycles. The molecule has 1 aromatic heterocycles. The fourth-order valence-corrected chi connectivity index (χ4v) is 5.41. The predicted molar refractivity (Wildman–Crippen MR) is 148 cm³/mol. The van der Waals surface area contributed by atoms with E-state index in [1.807, 2.05) is 47.9 Å². The molecule has 3 amide bonds. The average molecular weight is 517 g/mol. The van der Waals surface area contributed by atoms with Crippen molar-refractivity contribution in [3.8, 4) is 17.6 Å². The molecule has 8 heteroatoms. The number of hydrogen-bond acceptors (Lipinski definition) is 5. The summed E-state index contributed by atoms with van der Waals surface area (Å²) in [6, 6.07) is 14.9. The van der Waals surface area contributed by atoms with Gasteiger partial charge in [0.2, 0.25) is 0 Å². The Balaban J connectivity index is 1.75. The molecular weight excluding hydrogens is 480 g/mol. The van der Waals surface area contributed by atoms with Crippen molar-refractivity contribution in [3.63, 3.8) is 0 Å². The second-order valence-electron chi connectivity index (χ2n) is 9.93. The van der Waals surface area contributed by atoms with Crippen molar-refractivity contribution < 1.29 is 19.1 Å². The predicted octanol–water partition coefficient (Wildman–Crippen LogP) is 6.16. The van der Waals surface area contributed by atoms with E-state index in [9.17, 15) is 14.9 Å². The van der Waals surface area contributed by atoms with E-state index in [2.05, 4.69) is 6.07 Å². The zero-order valence-corrected chi connectivity index (χ0v) is 22.7. The van der Waals surface area contributed by atoms with Crippen LogP contribution in [0.1, 0.15) is 54.6 Å². The molecular formula is C30H36N4O4. The second-order valence-corrected chi connectivity index (χ2v) is 9.93. The summed E-state index contributed by atoms with van der Waals surface area (Å²) in [6.45, 7) is 2.76. The van der Waals surface area contributed by atoms with Crippen molar-refractivity contribution in [1.29, 1.82) is 5.26 Å². The van der Waals surface area contributed by atoms with E-state index in [0.29, 0.717) is 41.9 Å². The number of urea groups is 1. The fourth-order valence-electron chi connectivity index (χ4n) is 5.41. The summed E-state index contributed by atoms with van der Waals surface area (Å²) >= 11 is 0. The van der Waals surface area contributed by atoms with Gasteiger partial charge in [0.1, 0.15) is 22.9 Å². The maximum atomic E-state index is 14.2. The van der Waals surface area contributed by atoms with Gasteiger partial charge < -0.3 is 14.0 Å². The molecule has 3 aromatic rings. The van der Waals surface area contributed by atoms with Crippen molar-refractivity contribution in [1.82, 2.24) is 9.47 Å². The summed E-state index contributed by atoms with van der Waals surface area (Å²) in [7, 11) is 4.66. The molecule has 0 spiro atoms. The minimum absolute atomic E-state index is 0.252. The number of ether oxygens (including phenoxy) is 2. The molecule has 0 bridgehead atoms. The number of imide groups is 1. The van der Waals surface area contributed by atoms with E-state index in [0.717, 1.165) is 42.1 Å². The van der Waals surface area contributed by atoms with E-state index >= 15 is 0 Å². The number of aryl methyl sites for hydroxylation is 2. The third-order valence-electron chi connectivity index (χ3n) is 7.36. The lowest BCUT2D eigenvalue weighted by atomic mass is 9.89. The first-order valence-electron chi connectivity index (χ1n) is 13.2. The Morgan fingerprint density at radius 2 is 1.71 bits per heavy atom. The summed E-state index contributed by atoms with van der Waals surface area (Å²) in [5.41, 5.74) is 2.70. The Morgan fingerprint density at radius 3 is 2.34 bits per heavy atom. The van der Waals surface area contributed by atoms with Crippen LogP contribution in [0, 0.1) is 24.2 Å². The molecule has 0 atom stereocenters. The van der Waals surface area contributed by atoms with E-state index in [-0.39, 0.29) is 6.42 Å². The number of methoxy groups -OCH3 is 2. The first-order chi connectivity index (χ1) is 18.4. The van der Waals surface area contributed by atoms with Crippen molar-refractivity contribution in [2.24, 2.45) is 5.92 Å². The Morgan fingerprint density at radius 1 is 1.05 bits per heavy atom. The number of nitrogens with zero attached hydrogens (tertiary/aromatic N) is 4. The SMILES string of the molecule is COc1cc(C)cc(OC)c1N(CC1CCCCC1)C(=O)N(C)C(=O)c1cc2ccccc2n1CCC#N. The Hall–Kier alpha value is -3.99. The minimum Gasteiger partial charge on any atom is -0.494 e. The molecule has 2 aromatic carbocycles. The molecule has 1 fully saturated rings. The van der Waals surface area contributed by atoms with Gasteiger partial charge in [0, 0.05) is 31.0 Å². The summed E-state index contributed by atoms with van der Waals surface area (Å²) in [5, 5.41) is 10.1. The van der Waals surface area contributed by atoms with Crippen LogP contribution in [0.5, 0.6) is 11.5 Å². The minimum atomic E-state index is -0.446. The number of aromatic nitrogens is 1. The number of carbonyl (C=O) groups is 2. The summed E-state index contributed by atoms with van der Waals surface area (Å²) in [4.78, 5) is 30.8. The third kappa shape index (κ3) is 5.47. The Labute approximate surface area is 224 Å². The highest BCUT2D eigenvalue weighted by atomic mass is 16.5. The van der Waals surface area contributed by atoms with Crippen LogP contribution in [-0.4, -0.2) is 49.2 Å². The highest BCUT2D eigenvalue weighted by Crippen LogP contribution is 2.41. The topological polar surface area (TPSA) is 87.8 Å². The maximum Gasteiger partial charge on any atom is 0.331 e. The number of para-hydroxylation sites is 1. The van der Waals surface area contributed by atoms with E-state index in [4.69, 9.17) is 9.47 Å². The molecule has 0 unspecified atom stereocenters. The maximum absolute atomic E-state index is 14.2. The molecule has 1 heterocycles. The molecule has 4 rings (SSSR count). The third-order valence-corrected chi connectivity index (χ3v) is 7.36. The van der Waals surface area contributed by atoms with Crippen molar-refractivity contribution >= 4 is 28.5 Å². The average Bonchev–Trinajstić information content (AvgIpc) is 3.32. The number of hydrogen-bond donors (Lipinski definition) is 0. The van der Waals surface area contributed by atoms with E-state index in [1.54, 1.807) is 25.2 Å². The Bertz CT molecular complexity index is 1330. The quantitative estimate of drug-likeness (QED) is 0.358. The van der Waals surface area contributed by atoms with Crippen LogP contribution in [0.25, 0.3) is 10.9 Å². The first-order valence-corrected chi connectivity index (χ1v) is 13.2. The van der Waals surface area contributed by atoms with Crippen LogP contribution in [0.3, 0.4) is 0 Å². The van der Waals surface area contributed by atoms with Crippen LogP contribution in [-0.2, 0) is 6.54 Å². The number of nitriles is 1. The number of carbonyl (C=O) groups excluding carboxylic acids is 2. The first kappa shape index (κ1) is 27.1. The molecule has 8 nitrogen and oxygen atoms in total. The van der Waals surface area contributed by atoms with Crippen LogP contribution in [0.15, 0.2) is 42.5 Å². The monoisotopic (exact) mass is 516 g/mol. The Kier molecular flexibility index (Phi) is 8.57. The molecule has 1 aliphatic rings. The second kappa shape index (κ2) is 12.0. The van der Waals surface area contributed by atoms with Crippen LogP contribution in [0.4, 0.5) is 10.5 Å². The van der Waals surface area contributed by atoms with E-state index in [1.165, 1.54) is 18.4 Å². The van der Waals surface area contributed by atoms with Crippen molar-refractivity contribution in [2.75, 3.05) is 32.7 Å². The highest BCUT2D eigenvalue weighted by molar-refractivity contribution is 6.10. The van der Waals surface area contributed by atoms with Gasteiger partial charge in [0.25, 0.3) is 5.91 Å². The van der Waals surface area contributed by atoms with Crippen LogP contribution < -0.4 is 14.4 Å². The molecule has 1 aliphatic carbocycles. The summed E-state index contributed by atoms with van der Waals surface area (Å²) in [5.74, 6) is 0.932. The van der Waals surface area contributed by atoms with Gasteiger partial charge in [0.15, 0.2) is 0 Å². The lowest BCUT2D eigenvalue weighted by Gasteiger charge is -2.33. The van der Waals surface area contributed by atoms with Gasteiger partial charge in [-0.25, -0.2) is 4.79 Å². The number of benzene rings is 2. The van der Waals surface area contributed by atoms with Crippen LogP contribution >= 0.6 is 0 Å². The number of rotatable bonds is 8. The van der Waals surface area contributed by atoms with Gasteiger partial charge in [-0.15, -0.1) is 0 Å². The standard InChI is InChI=1S/C30H36N4O4/c1-21-17-26(37-3)28(27(18-21)38-4)34(20-22-11-6-5-7-12-22)30(36)32(2)29(35)25-19-23-13-8-9-14-24(23)33(25)16-10-15-31/h8-9,13-14,17-19,22H,5-7,10-12,16,20H2,1-4H3. The summed E-state index contributed by atoms with van der Waals surface area (Å²) < 4.78 is 13.2. The highest BCUT2D eigenvalue weighted by Gasteiger charge is 2.33. The fraction of sp³-hybridized carbons (Fsp3) is 0.433. The zero-order chi connectivity index (χ0) is 27.2. The normalized spacial score (nSPS) is 13.7. The number of amides is 3. The van der Waals surface area contributed by atoms with Gasteiger partial charge in [-0.1, -0.05) is 37.5 Å². The molecule has 200 valence electrons. The smallest absolute Gasteiger partial charge is 0.331 e. The van der Waals surface area contributed by atoms with Crippen LogP contribution in [0.2, 0.25) is 0 Å². The van der Waals surface area contributed by atoms with E-state index < -0.39 is 11.9 Å². The molecule has 0 aliphatic heterocycles. The number of fused-ring (bicyclic) bond motifs is 1. The van der Waals surface area contributed by atoms with Crippen molar-refractivity contribution in [3.05, 3.63) is 53.7 Å². The number of anilines is 1. The molecule has 0 saturated heterocycles. The lowest BCUT2D eigenvalue weighted by molar-refractivity contribution is 0.0825. The van der Waals surface area contributed by atoms with Crippen molar-refractivity contribution in [2.45, 2.75) is 52.0 Å². The van der Waals surface area contributed by atoms with Gasteiger partial charge >= 0.3 is 6.03 Å². The van der Waals surface area contributed by atoms with Gasteiger partial charge in [0.05, 0.1) is 26.7 Å². The zero-order valence-electron chi connectivity index (χ0n) is 22.7. The lowest BCUT2D eigenvalue weighted by Crippen LogP contribution is -2.47. The van der Waals surface area contributed by atoms with Gasteiger partial charge in [-0.3, -0.25) is 14.6 Å².